The first-order valence-electron chi connectivity index (χ1n) is 11.0. The number of aromatic hydroxyl groups is 1. The summed E-state index contributed by atoms with van der Waals surface area (Å²) in [5, 5.41) is 11.7. The molecule has 1 aliphatic heterocycles. The Labute approximate surface area is 195 Å². The number of benzene rings is 2. The molecule has 0 spiro atoms. The number of methoxy groups -OCH3 is 1. The topological polar surface area (TPSA) is 108 Å². The third-order valence-electron chi connectivity index (χ3n) is 5.98. The van der Waals surface area contributed by atoms with Crippen molar-refractivity contribution in [1.29, 1.82) is 0 Å². The standard InChI is InChI=1S/C25H24N4O5/c1-33-19-7-8-20-17(13-19)14-21(27-20)24(31)28-9-11-29(12-10-28)25(32)34-15-18-6-5-16-3-2-4-22(30)23(16)26-18/h2-8,13-14,27,30H,9-12,15H2,1H3. The van der Waals surface area contributed by atoms with Crippen molar-refractivity contribution in [3.05, 3.63) is 66.0 Å². The van der Waals surface area contributed by atoms with Crippen LogP contribution in [0.1, 0.15) is 16.2 Å². The number of aromatic nitrogens is 2. The molecule has 0 bridgehead atoms. The number of ether oxygens (including phenoxy) is 2. The molecule has 1 fully saturated rings. The summed E-state index contributed by atoms with van der Waals surface area (Å²) in [5.74, 6) is 0.706. The fraction of sp³-hybridized carbons (Fsp3) is 0.240. The van der Waals surface area contributed by atoms with Gasteiger partial charge in [-0.1, -0.05) is 18.2 Å². The summed E-state index contributed by atoms with van der Waals surface area (Å²) < 4.78 is 10.7. The summed E-state index contributed by atoms with van der Waals surface area (Å²) >= 11 is 0. The average molecular weight is 460 g/mol. The Balaban J connectivity index is 1.17. The third kappa shape index (κ3) is 4.19. The van der Waals surface area contributed by atoms with Gasteiger partial charge >= 0.3 is 6.09 Å². The van der Waals surface area contributed by atoms with Crippen molar-refractivity contribution in [1.82, 2.24) is 19.8 Å². The lowest BCUT2D eigenvalue weighted by Crippen LogP contribution is -2.50. The van der Waals surface area contributed by atoms with Gasteiger partial charge in [-0.3, -0.25) is 4.79 Å². The van der Waals surface area contributed by atoms with E-state index in [4.69, 9.17) is 9.47 Å². The molecule has 5 rings (SSSR count). The molecule has 9 heteroatoms. The van der Waals surface area contributed by atoms with Crippen molar-refractivity contribution in [2.45, 2.75) is 6.61 Å². The van der Waals surface area contributed by atoms with E-state index in [9.17, 15) is 14.7 Å². The quantitative estimate of drug-likeness (QED) is 0.482. The SMILES string of the molecule is COc1ccc2[nH]c(C(=O)N3CCN(C(=O)OCc4ccc5cccc(O)c5n4)CC3)cc2c1. The van der Waals surface area contributed by atoms with Crippen LogP contribution in [0.25, 0.3) is 21.8 Å². The Morgan fingerprint density at radius 2 is 1.79 bits per heavy atom. The number of hydrogen-bond donors (Lipinski definition) is 2. The summed E-state index contributed by atoms with van der Waals surface area (Å²) in [7, 11) is 1.60. The second kappa shape index (κ2) is 8.93. The highest BCUT2D eigenvalue weighted by atomic mass is 16.6. The van der Waals surface area contributed by atoms with Gasteiger partial charge in [-0.2, -0.15) is 0 Å². The number of amides is 2. The molecule has 174 valence electrons. The lowest BCUT2D eigenvalue weighted by Gasteiger charge is -2.33. The molecule has 9 nitrogen and oxygen atoms in total. The van der Waals surface area contributed by atoms with Crippen LogP contribution in [-0.2, 0) is 11.3 Å². The fourth-order valence-electron chi connectivity index (χ4n) is 4.09. The van der Waals surface area contributed by atoms with Gasteiger partial charge in [-0.05, 0) is 36.4 Å². The smallest absolute Gasteiger partial charge is 0.410 e. The number of para-hydroxylation sites is 1. The van der Waals surface area contributed by atoms with Crippen LogP contribution in [0.5, 0.6) is 11.5 Å². The third-order valence-corrected chi connectivity index (χ3v) is 5.98. The van der Waals surface area contributed by atoms with Crippen molar-refractivity contribution in [2.24, 2.45) is 0 Å². The van der Waals surface area contributed by atoms with E-state index in [1.807, 2.05) is 36.4 Å². The van der Waals surface area contributed by atoms with E-state index >= 15 is 0 Å². The second-order valence-electron chi connectivity index (χ2n) is 8.12. The van der Waals surface area contributed by atoms with Crippen LogP contribution in [0, 0.1) is 0 Å². The van der Waals surface area contributed by atoms with Gasteiger partial charge in [0.05, 0.1) is 12.8 Å². The zero-order chi connectivity index (χ0) is 23.7. The Morgan fingerprint density at radius 3 is 2.59 bits per heavy atom. The van der Waals surface area contributed by atoms with E-state index in [1.54, 1.807) is 35.1 Å². The molecule has 0 saturated carbocycles. The number of pyridine rings is 1. The van der Waals surface area contributed by atoms with Gasteiger partial charge in [-0.25, -0.2) is 9.78 Å². The number of hydrogen-bond acceptors (Lipinski definition) is 6. The van der Waals surface area contributed by atoms with E-state index in [2.05, 4.69) is 9.97 Å². The minimum absolute atomic E-state index is 0.000773. The maximum atomic E-state index is 12.9. The molecule has 34 heavy (non-hydrogen) atoms. The van der Waals surface area contributed by atoms with Gasteiger partial charge in [0.2, 0.25) is 0 Å². The van der Waals surface area contributed by atoms with Crippen LogP contribution in [0.15, 0.2) is 54.6 Å². The average Bonchev–Trinajstić information content (AvgIpc) is 3.30. The van der Waals surface area contributed by atoms with E-state index in [1.165, 1.54) is 0 Å². The molecule has 2 N–H and O–H groups in total. The molecule has 2 aromatic heterocycles. The molecule has 1 saturated heterocycles. The molecular weight excluding hydrogens is 436 g/mol. The number of nitrogens with zero attached hydrogens (tertiary/aromatic N) is 3. The van der Waals surface area contributed by atoms with Crippen molar-refractivity contribution in [3.63, 3.8) is 0 Å². The highest BCUT2D eigenvalue weighted by Gasteiger charge is 2.26. The van der Waals surface area contributed by atoms with Crippen molar-refractivity contribution in [3.8, 4) is 11.5 Å². The van der Waals surface area contributed by atoms with Gasteiger partial charge in [0, 0.05) is 42.5 Å². The molecule has 0 unspecified atom stereocenters. The first-order chi connectivity index (χ1) is 16.5. The fourth-order valence-corrected chi connectivity index (χ4v) is 4.09. The minimum atomic E-state index is -0.455. The number of phenols is 1. The van der Waals surface area contributed by atoms with Crippen molar-refractivity contribution >= 4 is 33.8 Å². The van der Waals surface area contributed by atoms with E-state index < -0.39 is 6.09 Å². The molecular formula is C25H24N4O5. The van der Waals surface area contributed by atoms with Crippen LogP contribution in [0.4, 0.5) is 4.79 Å². The van der Waals surface area contributed by atoms with E-state index in [-0.39, 0.29) is 18.3 Å². The molecule has 1 aliphatic rings. The Hall–Kier alpha value is -4.27. The monoisotopic (exact) mass is 460 g/mol. The highest BCUT2D eigenvalue weighted by Crippen LogP contribution is 2.24. The number of nitrogens with one attached hydrogen (secondary N) is 1. The number of fused-ring (bicyclic) bond motifs is 2. The summed E-state index contributed by atoms with van der Waals surface area (Å²) in [4.78, 5) is 36.3. The van der Waals surface area contributed by atoms with Crippen LogP contribution in [-0.4, -0.2) is 70.2 Å². The van der Waals surface area contributed by atoms with Crippen molar-refractivity contribution in [2.75, 3.05) is 33.3 Å². The Morgan fingerprint density at radius 1 is 1.00 bits per heavy atom. The summed E-state index contributed by atoms with van der Waals surface area (Å²) in [6.07, 6.45) is -0.455. The van der Waals surface area contributed by atoms with Crippen LogP contribution in [0.3, 0.4) is 0 Å². The number of aromatic amines is 1. The van der Waals surface area contributed by atoms with Gasteiger partial charge in [0.15, 0.2) is 0 Å². The Kier molecular flexibility index (Phi) is 5.67. The van der Waals surface area contributed by atoms with Gasteiger partial charge in [-0.15, -0.1) is 0 Å². The van der Waals surface area contributed by atoms with Crippen LogP contribution >= 0.6 is 0 Å². The number of H-pyrrole nitrogens is 1. The molecule has 3 heterocycles. The lowest BCUT2D eigenvalue weighted by molar-refractivity contribution is 0.0538. The molecule has 0 radical (unpaired) electrons. The van der Waals surface area contributed by atoms with Crippen molar-refractivity contribution < 1.29 is 24.2 Å². The molecule has 0 aliphatic carbocycles. The van der Waals surface area contributed by atoms with E-state index in [0.29, 0.717) is 43.1 Å². The highest BCUT2D eigenvalue weighted by molar-refractivity contribution is 5.98. The maximum absolute atomic E-state index is 12.9. The minimum Gasteiger partial charge on any atom is -0.506 e. The van der Waals surface area contributed by atoms with Crippen LogP contribution in [0.2, 0.25) is 0 Å². The lowest BCUT2D eigenvalue weighted by atomic mass is 10.2. The number of carbonyl (C=O) groups is 2. The number of carbonyl (C=O) groups excluding carboxylic acids is 2. The van der Waals surface area contributed by atoms with Gasteiger partial charge < -0.3 is 29.4 Å². The van der Waals surface area contributed by atoms with Gasteiger partial charge in [0.1, 0.15) is 29.3 Å². The summed E-state index contributed by atoms with van der Waals surface area (Å²) in [6, 6.07) is 16.2. The first-order valence-corrected chi connectivity index (χ1v) is 11.0. The van der Waals surface area contributed by atoms with Gasteiger partial charge in [0.25, 0.3) is 5.91 Å². The summed E-state index contributed by atoms with van der Waals surface area (Å²) in [6.45, 7) is 1.58. The number of rotatable bonds is 4. The first kappa shape index (κ1) is 21.6. The van der Waals surface area contributed by atoms with Crippen LogP contribution < -0.4 is 4.74 Å². The summed E-state index contributed by atoms with van der Waals surface area (Å²) in [5.41, 5.74) is 2.39. The largest absolute Gasteiger partial charge is 0.506 e. The second-order valence-corrected chi connectivity index (χ2v) is 8.12. The molecule has 2 aromatic carbocycles. The number of piperazine rings is 1. The predicted molar refractivity (Wildman–Crippen MR) is 126 cm³/mol. The maximum Gasteiger partial charge on any atom is 0.410 e. The zero-order valence-corrected chi connectivity index (χ0v) is 18.7. The molecule has 0 atom stereocenters. The zero-order valence-electron chi connectivity index (χ0n) is 18.7. The molecule has 2 amide bonds. The predicted octanol–water partition coefficient (Wildman–Crippen LogP) is 3.52. The number of phenolic OH excluding ortho intramolecular Hbond substituents is 1. The van der Waals surface area contributed by atoms with E-state index in [0.717, 1.165) is 22.0 Å². The normalized spacial score (nSPS) is 13.9. The molecule has 4 aromatic rings. The Bertz CT molecular complexity index is 1370.